The van der Waals surface area contributed by atoms with E-state index in [0.29, 0.717) is 27.9 Å². The Hall–Kier alpha value is -3.17. The van der Waals surface area contributed by atoms with Gasteiger partial charge in [-0.2, -0.15) is 5.26 Å². The largest absolute Gasteiger partial charge is 0.436 e. The first-order valence-corrected chi connectivity index (χ1v) is 11.4. The first kappa shape index (κ1) is 20.7. The number of amides is 1. The lowest BCUT2D eigenvalue weighted by Crippen LogP contribution is -2.39. The van der Waals surface area contributed by atoms with Gasteiger partial charge in [0.2, 0.25) is 5.89 Å². The van der Waals surface area contributed by atoms with Gasteiger partial charge in [0.25, 0.3) is 5.91 Å². The molecular formula is C26H28N4O2. The molecule has 5 rings (SSSR count). The van der Waals surface area contributed by atoms with Crippen LogP contribution in [0.15, 0.2) is 40.8 Å². The smallest absolute Gasteiger partial charge is 0.253 e. The number of rotatable bonds is 3. The summed E-state index contributed by atoms with van der Waals surface area (Å²) in [5.74, 6) is 0.825. The van der Waals surface area contributed by atoms with Crippen molar-refractivity contribution in [2.45, 2.75) is 39.0 Å². The van der Waals surface area contributed by atoms with E-state index in [1.54, 1.807) is 6.07 Å². The van der Waals surface area contributed by atoms with Crippen LogP contribution in [0.4, 0.5) is 0 Å². The monoisotopic (exact) mass is 428 g/mol. The summed E-state index contributed by atoms with van der Waals surface area (Å²) >= 11 is 0. The molecule has 2 aromatic carbocycles. The Bertz CT molecular complexity index is 1200. The van der Waals surface area contributed by atoms with Crippen LogP contribution < -0.4 is 5.32 Å². The maximum atomic E-state index is 13.1. The van der Waals surface area contributed by atoms with Crippen LogP contribution in [0.1, 0.15) is 60.5 Å². The molecule has 32 heavy (non-hydrogen) atoms. The molecule has 0 saturated carbocycles. The molecule has 0 bridgehead atoms. The van der Waals surface area contributed by atoms with Crippen molar-refractivity contribution in [2.24, 2.45) is 5.41 Å². The highest BCUT2D eigenvalue weighted by molar-refractivity contribution is 5.95. The van der Waals surface area contributed by atoms with Gasteiger partial charge in [-0.05, 0) is 80.1 Å². The number of aromatic nitrogens is 1. The normalized spacial score (nSPS) is 17.9. The van der Waals surface area contributed by atoms with Gasteiger partial charge in [-0.1, -0.05) is 13.8 Å². The Morgan fingerprint density at radius 3 is 2.62 bits per heavy atom. The highest BCUT2D eigenvalue weighted by atomic mass is 16.3. The minimum Gasteiger partial charge on any atom is -0.436 e. The third kappa shape index (κ3) is 3.67. The summed E-state index contributed by atoms with van der Waals surface area (Å²) in [4.78, 5) is 19.7. The number of nitrogens with one attached hydrogen (secondary N) is 1. The van der Waals surface area contributed by atoms with Gasteiger partial charge in [-0.25, -0.2) is 4.98 Å². The van der Waals surface area contributed by atoms with Crippen LogP contribution in [0.5, 0.6) is 0 Å². The van der Waals surface area contributed by atoms with Crippen LogP contribution in [-0.2, 0) is 0 Å². The zero-order valence-corrected chi connectivity index (χ0v) is 18.6. The molecule has 0 radical (unpaired) electrons. The number of fused-ring (bicyclic) bond motifs is 1. The Morgan fingerprint density at radius 1 is 1.19 bits per heavy atom. The number of likely N-dealkylation sites (tertiary alicyclic amines) is 1. The lowest BCUT2D eigenvalue weighted by molar-refractivity contribution is 0.0762. The molecule has 1 spiro atoms. The second-order valence-corrected chi connectivity index (χ2v) is 9.50. The highest BCUT2D eigenvalue weighted by Gasteiger charge is 2.40. The predicted octanol–water partition coefficient (Wildman–Crippen LogP) is 4.71. The van der Waals surface area contributed by atoms with Gasteiger partial charge in [0.15, 0.2) is 5.58 Å². The Morgan fingerprint density at radius 2 is 1.94 bits per heavy atom. The number of benzene rings is 2. The van der Waals surface area contributed by atoms with Gasteiger partial charge in [0, 0.05) is 29.8 Å². The number of nitrogens with zero attached hydrogens (tertiary/aromatic N) is 3. The van der Waals surface area contributed by atoms with Crippen LogP contribution in [0.25, 0.3) is 22.6 Å². The molecule has 3 heterocycles. The van der Waals surface area contributed by atoms with E-state index in [2.05, 4.69) is 30.2 Å². The van der Waals surface area contributed by atoms with E-state index in [4.69, 9.17) is 4.42 Å². The fourth-order valence-electron chi connectivity index (χ4n) is 5.09. The van der Waals surface area contributed by atoms with Crippen LogP contribution in [-0.4, -0.2) is 42.0 Å². The van der Waals surface area contributed by atoms with Crippen molar-refractivity contribution in [1.29, 1.82) is 5.26 Å². The average Bonchev–Trinajstić information content (AvgIpc) is 3.43. The van der Waals surface area contributed by atoms with Gasteiger partial charge < -0.3 is 14.6 Å². The molecule has 3 aromatic rings. The molecule has 1 N–H and O–H groups in total. The second-order valence-electron chi connectivity index (χ2n) is 9.50. The van der Waals surface area contributed by atoms with Gasteiger partial charge in [0.1, 0.15) is 5.52 Å². The number of nitriles is 1. The van der Waals surface area contributed by atoms with E-state index < -0.39 is 0 Å². The highest BCUT2D eigenvalue weighted by Crippen LogP contribution is 2.39. The van der Waals surface area contributed by atoms with Crippen LogP contribution in [0, 0.1) is 16.7 Å². The molecule has 2 saturated heterocycles. The standard InChI is InChI=1S/C26H28N4O2/c1-17(2)21-13-18(15-27)14-22-23(21)32-24(29-22)19-3-5-20(6-4-19)25(31)30-12-9-26(16-30)7-10-28-11-8-26/h3-6,13-14,17,28H,7-12,16H2,1-2H3. The van der Waals surface area contributed by atoms with Crippen LogP contribution in [0.2, 0.25) is 0 Å². The number of piperidine rings is 1. The SMILES string of the molecule is CC(C)c1cc(C#N)cc2nc(-c3ccc(C(=O)N4CCC5(CCNCC5)C4)cc3)oc12. The lowest BCUT2D eigenvalue weighted by Gasteiger charge is -2.33. The Balaban J connectivity index is 1.38. The summed E-state index contributed by atoms with van der Waals surface area (Å²) in [5, 5.41) is 12.8. The van der Waals surface area contributed by atoms with Crippen molar-refractivity contribution in [3.05, 3.63) is 53.1 Å². The quantitative estimate of drug-likeness (QED) is 0.654. The fourth-order valence-corrected chi connectivity index (χ4v) is 5.09. The summed E-state index contributed by atoms with van der Waals surface area (Å²) in [6, 6.07) is 13.4. The minimum atomic E-state index is 0.102. The summed E-state index contributed by atoms with van der Waals surface area (Å²) < 4.78 is 6.10. The maximum absolute atomic E-state index is 13.1. The zero-order chi connectivity index (χ0) is 22.3. The van der Waals surface area contributed by atoms with Crippen molar-refractivity contribution in [3.8, 4) is 17.5 Å². The molecular weight excluding hydrogens is 400 g/mol. The fraction of sp³-hybridized carbons (Fsp3) is 0.423. The third-order valence-corrected chi connectivity index (χ3v) is 7.04. The van der Waals surface area contributed by atoms with Gasteiger partial charge in [-0.3, -0.25) is 4.79 Å². The number of hydrogen-bond donors (Lipinski definition) is 1. The van der Waals surface area contributed by atoms with Crippen LogP contribution >= 0.6 is 0 Å². The van der Waals surface area contributed by atoms with E-state index in [-0.39, 0.29) is 11.8 Å². The van der Waals surface area contributed by atoms with Crippen LogP contribution in [0.3, 0.4) is 0 Å². The number of hydrogen-bond acceptors (Lipinski definition) is 5. The maximum Gasteiger partial charge on any atom is 0.253 e. The van der Waals surface area contributed by atoms with E-state index in [1.807, 2.05) is 35.2 Å². The van der Waals surface area contributed by atoms with E-state index in [1.165, 1.54) is 0 Å². The molecule has 0 aliphatic carbocycles. The first-order chi connectivity index (χ1) is 15.5. The molecule has 1 aromatic heterocycles. The van der Waals surface area contributed by atoms with Crippen molar-refractivity contribution in [2.75, 3.05) is 26.2 Å². The molecule has 0 atom stereocenters. The molecule has 2 fully saturated rings. The van der Waals surface area contributed by atoms with E-state index in [0.717, 1.165) is 62.2 Å². The molecule has 1 amide bonds. The van der Waals surface area contributed by atoms with Crippen molar-refractivity contribution < 1.29 is 9.21 Å². The summed E-state index contributed by atoms with van der Waals surface area (Å²) in [5.41, 5.74) is 4.79. The Labute approximate surface area is 188 Å². The third-order valence-electron chi connectivity index (χ3n) is 7.04. The minimum absolute atomic E-state index is 0.102. The molecule has 2 aliphatic rings. The zero-order valence-electron chi connectivity index (χ0n) is 18.6. The summed E-state index contributed by atoms with van der Waals surface area (Å²) in [6.45, 7) is 7.95. The molecule has 6 nitrogen and oxygen atoms in total. The van der Waals surface area contributed by atoms with Crippen molar-refractivity contribution in [1.82, 2.24) is 15.2 Å². The first-order valence-electron chi connectivity index (χ1n) is 11.4. The lowest BCUT2D eigenvalue weighted by atomic mass is 9.78. The van der Waals surface area contributed by atoms with Crippen molar-refractivity contribution in [3.63, 3.8) is 0 Å². The van der Waals surface area contributed by atoms with Gasteiger partial charge in [0.05, 0.1) is 11.6 Å². The average molecular weight is 429 g/mol. The van der Waals surface area contributed by atoms with Gasteiger partial charge >= 0.3 is 0 Å². The van der Waals surface area contributed by atoms with Crippen molar-refractivity contribution >= 4 is 17.0 Å². The number of oxazole rings is 1. The topological polar surface area (TPSA) is 82.2 Å². The number of carbonyl (C=O) groups is 1. The molecule has 6 heteroatoms. The molecule has 164 valence electrons. The summed E-state index contributed by atoms with van der Waals surface area (Å²) in [7, 11) is 0. The number of carbonyl (C=O) groups excluding carboxylic acids is 1. The van der Waals surface area contributed by atoms with E-state index in [9.17, 15) is 10.1 Å². The molecule has 0 unspecified atom stereocenters. The second kappa shape index (κ2) is 8.07. The molecule has 2 aliphatic heterocycles. The van der Waals surface area contributed by atoms with Gasteiger partial charge in [-0.15, -0.1) is 0 Å². The Kier molecular flexibility index (Phi) is 5.22. The summed E-state index contributed by atoms with van der Waals surface area (Å²) in [6.07, 6.45) is 3.41. The van der Waals surface area contributed by atoms with E-state index >= 15 is 0 Å². The predicted molar refractivity (Wildman–Crippen MR) is 123 cm³/mol.